The highest BCUT2D eigenvalue weighted by Crippen LogP contribution is 2.24. The molecule has 0 aliphatic carbocycles. The van der Waals surface area contributed by atoms with Gasteiger partial charge in [0, 0.05) is 12.6 Å². The van der Waals surface area contributed by atoms with Gasteiger partial charge in [-0.2, -0.15) is 0 Å². The van der Waals surface area contributed by atoms with Crippen molar-refractivity contribution in [3.05, 3.63) is 48.0 Å². The minimum atomic E-state index is -2.84. The lowest BCUT2D eigenvalue weighted by atomic mass is 10.0. The number of rotatable bonds is 5. The van der Waals surface area contributed by atoms with Gasteiger partial charge < -0.3 is 0 Å². The molecule has 0 unspecified atom stereocenters. The molecule has 0 N–H and O–H groups in total. The van der Waals surface area contributed by atoms with Gasteiger partial charge in [0.1, 0.15) is 0 Å². The van der Waals surface area contributed by atoms with Gasteiger partial charge in [-0.15, -0.1) is 0 Å². The number of hydrogen-bond donors (Lipinski definition) is 0. The van der Waals surface area contributed by atoms with E-state index in [4.69, 9.17) is 0 Å². The van der Waals surface area contributed by atoms with E-state index in [2.05, 4.69) is 54.3 Å². The summed E-state index contributed by atoms with van der Waals surface area (Å²) in [7, 11) is -2.84. The maximum Gasteiger partial charge on any atom is 0.151 e. The molecular formula is C18H23NO2S. The molecule has 1 saturated heterocycles. The van der Waals surface area contributed by atoms with Crippen LogP contribution in [0.5, 0.6) is 0 Å². The molecule has 0 bridgehead atoms. The van der Waals surface area contributed by atoms with Crippen LogP contribution in [-0.2, 0) is 16.4 Å². The standard InChI is InChI=1S/C18H23NO2S/c1-2-11-19(17-10-12-22(20,21)14-17)13-16-8-5-7-15-6-3-4-9-18(15)16/h3-9,17H,2,10-14H2,1H3/t17-/m0/s1. The molecule has 2 aromatic rings. The first-order valence-corrected chi connectivity index (χ1v) is 9.82. The van der Waals surface area contributed by atoms with Crippen LogP contribution in [0.2, 0.25) is 0 Å². The van der Waals surface area contributed by atoms with Gasteiger partial charge in [0.15, 0.2) is 9.84 Å². The summed E-state index contributed by atoms with van der Waals surface area (Å²) >= 11 is 0. The van der Waals surface area contributed by atoms with Crippen LogP contribution in [0.25, 0.3) is 10.8 Å². The minimum absolute atomic E-state index is 0.170. The second-order valence-corrected chi connectivity index (χ2v) is 8.39. The van der Waals surface area contributed by atoms with Crippen molar-refractivity contribution in [1.29, 1.82) is 0 Å². The number of nitrogens with zero attached hydrogens (tertiary/aromatic N) is 1. The molecule has 0 amide bonds. The van der Waals surface area contributed by atoms with Crippen molar-refractivity contribution in [1.82, 2.24) is 4.90 Å². The molecule has 0 aromatic heterocycles. The second kappa shape index (κ2) is 6.39. The third kappa shape index (κ3) is 3.33. The van der Waals surface area contributed by atoms with Gasteiger partial charge in [-0.05, 0) is 35.7 Å². The van der Waals surface area contributed by atoms with Crippen molar-refractivity contribution < 1.29 is 8.42 Å². The van der Waals surface area contributed by atoms with E-state index in [0.29, 0.717) is 11.5 Å². The molecule has 0 radical (unpaired) electrons. The van der Waals surface area contributed by atoms with Crippen LogP contribution in [0.1, 0.15) is 25.3 Å². The van der Waals surface area contributed by atoms with Gasteiger partial charge in [0.25, 0.3) is 0 Å². The van der Waals surface area contributed by atoms with E-state index in [0.717, 1.165) is 25.9 Å². The molecular weight excluding hydrogens is 294 g/mol. The average molecular weight is 317 g/mol. The zero-order valence-electron chi connectivity index (χ0n) is 13.0. The van der Waals surface area contributed by atoms with E-state index in [-0.39, 0.29) is 6.04 Å². The van der Waals surface area contributed by atoms with Crippen molar-refractivity contribution in [3.63, 3.8) is 0 Å². The Morgan fingerprint density at radius 3 is 2.64 bits per heavy atom. The lowest BCUT2D eigenvalue weighted by Gasteiger charge is -2.28. The van der Waals surface area contributed by atoms with Gasteiger partial charge in [-0.1, -0.05) is 49.4 Å². The van der Waals surface area contributed by atoms with Gasteiger partial charge >= 0.3 is 0 Å². The molecule has 118 valence electrons. The summed E-state index contributed by atoms with van der Waals surface area (Å²) in [5, 5.41) is 2.52. The first-order chi connectivity index (χ1) is 10.6. The summed E-state index contributed by atoms with van der Waals surface area (Å²) in [6.07, 6.45) is 1.81. The predicted molar refractivity (Wildman–Crippen MR) is 91.7 cm³/mol. The summed E-state index contributed by atoms with van der Waals surface area (Å²) in [4.78, 5) is 2.35. The Kier molecular flexibility index (Phi) is 4.50. The molecule has 22 heavy (non-hydrogen) atoms. The summed E-state index contributed by atoms with van der Waals surface area (Å²) in [5.74, 6) is 0.658. The molecule has 0 spiro atoms. The van der Waals surface area contributed by atoms with Crippen LogP contribution in [-0.4, -0.2) is 37.4 Å². The molecule has 1 atom stereocenters. The van der Waals surface area contributed by atoms with Crippen molar-refractivity contribution in [2.45, 2.75) is 32.4 Å². The van der Waals surface area contributed by atoms with Gasteiger partial charge in [0.2, 0.25) is 0 Å². The minimum Gasteiger partial charge on any atom is -0.295 e. The summed E-state index contributed by atoms with van der Waals surface area (Å²) < 4.78 is 23.6. The quantitative estimate of drug-likeness (QED) is 0.849. The van der Waals surface area contributed by atoms with Crippen molar-refractivity contribution in [2.24, 2.45) is 0 Å². The Morgan fingerprint density at radius 2 is 1.91 bits per heavy atom. The van der Waals surface area contributed by atoms with Crippen LogP contribution < -0.4 is 0 Å². The number of fused-ring (bicyclic) bond motifs is 1. The Hall–Kier alpha value is -1.39. The highest BCUT2D eigenvalue weighted by Gasteiger charge is 2.31. The molecule has 1 aliphatic heterocycles. The number of benzene rings is 2. The fourth-order valence-electron chi connectivity index (χ4n) is 3.39. The summed E-state index contributed by atoms with van der Waals surface area (Å²) in [6.45, 7) is 3.93. The highest BCUT2D eigenvalue weighted by molar-refractivity contribution is 7.91. The van der Waals surface area contributed by atoms with Crippen LogP contribution in [0.4, 0.5) is 0 Å². The molecule has 3 nitrogen and oxygen atoms in total. The lowest BCUT2D eigenvalue weighted by molar-refractivity contribution is 0.204. The van der Waals surface area contributed by atoms with E-state index in [9.17, 15) is 8.42 Å². The fraction of sp³-hybridized carbons (Fsp3) is 0.444. The van der Waals surface area contributed by atoms with Crippen LogP contribution in [0, 0.1) is 0 Å². The zero-order valence-corrected chi connectivity index (χ0v) is 13.8. The Labute approximate surface area is 132 Å². The maximum atomic E-state index is 11.8. The molecule has 2 aromatic carbocycles. The largest absolute Gasteiger partial charge is 0.295 e. The van der Waals surface area contributed by atoms with Crippen LogP contribution >= 0.6 is 0 Å². The van der Waals surface area contributed by atoms with Crippen molar-refractivity contribution >= 4 is 20.6 Å². The molecule has 1 aliphatic rings. The van der Waals surface area contributed by atoms with Crippen LogP contribution in [0.3, 0.4) is 0 Å². The first kappa shape index (κ1) is 15.5. The molecule has 0 saturated carbocycles. The highest BCUT2D eigenvalue weighted by atomic mass is 32.2. The van der Waals surface area contributed by atoms with E-state index in [1.807, 2.05) is 0 Å². The Balaban J connectivity index is 1.87. The van der Waals surface area contributed by atoms with Crippen molar-refractivity contribution in [2.75, 3.05) is 18.1 Å². The van der Waals surface area contributed by atoms with E-state index in [1.54, 1.807) is 0 Å². The Bertz CT molecular complexity index is 749. The molecule has 3 rings (SSSR count). The van der Waals surface area contributed by atoms with E-state index < -0.39 is 9.84 Å². The third-order valence-electron chi connectivity index (χ3n) is 4.49. The van der Waals surface area contributed by atoms with Gasteiger partial charge in [-0.25, -0.2) is 8.42 Å². The summed E-state index contributed by atoms with van der Waals surface area (Å²) in [5.41, 5.74) is 1.29. The van der Waals surface area contributed by atoms with Crippen LogP contribution in [0.15, 0.2) is 42.5 Å². The lowest BCUT2D eigenvalue weighted by Crippen LogP contribution is -2.36. The maximum absolute atomic E-state index is 11.8. The molecule has 4 heteroatoms. The smallest absolute Gasteiger partial charge is 0.151 e. The summed E-state index contributed by atoms with van der Waals surface area (Å²) in [6, 6.07) is 15.0. The topological polar surface area (TPSA) is 37.4 Å². The zero-order chi connectivity index (χ0) is 15.6. The normalized spacial score (nSPS) is 20.7. The monoisotopic (exact) mass is 317 g/mol. The SMILES string of the molecule is CCCN(Cc1cccc2ccccc12)[C@H]1CCS(=O)(=O)C1. The number of sulfone groups is 1. The number of hydrogen-bond acceptors (Lipinski definition) is 3. The average Bonchev–Trinajstić information content (AvgIpc) is 2.87. The Morgan fingerprint density at radius 1 is 1.14 bits per heavy atom. The second-order valence-electron chi connectivity index (χ2n) is 6.17. The van der Waals surface area contributed by atoms with Gasteiger partial charge in [-0.3, -0.25) is 4.90 Å². The van der Waals surface area contributed by atoms with Crippen molar-refractivity contribution in [3.8, 4) is 0 Å². The molecule has 1 fully saturated rings. The van der Waals surface area contributed by atoms with E-state index >= 15 is 0 Å². The van der Waals surface area contributed by atoms with Gasteiger partial charge in [0.05, 0.1) is 11.5 Å². The third-order valence-corrected chi connectivity index (χ3v) is 6.24. The first-order valence-electron chi connectivity index (χ1n) is 8.00. The predicted octanol–water partition coefficient (Wildman–Crippen LogP) is 3.24. The molecule has 1 heterocycles. The fourth-order valence-corrected chi connectivity index (χ4v) is 5.15. The van der Waals surface area contributed by atoms with E-state index in [1.165, 1.54) is 16.3 Å².